The number of benzene rings is 1. The number of carbonyl (C=O) groups excluding carboxylic acids is 1. The molecule has 2 aliphatic rings. The van der Waals surface area contributed by atoms with Crippen molar-refractivity contribution in [3.8, 4) is 0 Å². The van der Waals surface area contributed by atoms with E-state index in [4.69, 9.17) is 0 Å². The molecule has 2 N–H and O–H groups in total. The standard InChI is InChI=1S/C25H28FN7O/c1-15-11-33-13-17(10-20(26)23(33)27-15)28-24(34)18-4-5-21(19-14-31(3)30-22(18)19)32-9-6-16(12-32)29-25(2)7-8-25/h4-5,10-11,13-14,16,29H,6-9,12H2,1-3H3,(H,28,34). The average molecular weight is 462 g/mol. The first-order valence-corrected chi connectivity index (χ1v) is 11.7. The van der Waals surface area contributed by atoms with Gasteiger partial charge in [0.15, 0.2) is 11.5 Å². The maximum Gasteiger partial charge on any atom is 0.257 e. The number of rotatable bonds is 5. The number of fused-ring (bicyclic) bond motifs is 2. The molecule has 1 saturated carbocycles. The fourth-order valence-electron chi connectivity index (χ4n) is 5.03. The number of carbonyl (C=O) groups is 1. The molecule has 4 aromatic rings. The molecule has 1 unspecified atom stereocenters. The first kappa shape index (κ1) is 21.1. The highest BCUT2D eigenvalue weighted by atomic mass is 19.1. The summed E-state index contributed by atoms with van der Waals surface area (Å²) in [5.41, 5.74) is 3.81. The fraction of sp³-hybridized carbons (Fsp3) is 0.400. The molecule has 0 radical (unpaired) electrons. The summed E-state index contributed by atoms with van der Waals surface area (Å²) in [5.74, 6) is -0.810. The smallest absolute Gasteiger partial charge is 0.257 e. The van der Waals surface area contributed by atoms with Crippen LogP contribution in [0.25, 0.3) is 16.6 Å². The Bertz CT molecular complexity index is 1430. The molecule has 1 aliphatic carbocycles. The van der Waals surface area contributed by atoms with Crippen LogP contribution in [0, 0.1) is 12.7 Å². The third kappa shape index (κ3) is 3.69. The molecule has 0 spiro atoms. The van der Waals surface area contributed by atoms with E-state index in [1.165, 1.54) is 18.9 Å². The molecule has 34 heavy (non-hydrogen) atoms. The minimum absolute atomic E-state index is 0.237. The Labute approximate surface area is 196 Å². The van der Waals surface area contributed by atoms with E-state index in [2.05, 4.69) is 32.5 Å². The zero-order valence-corrected chi connectivity index (χ0v) is 19.6. The SMILES string of the molecule is Cc1cn2cc(NC(=O)c3ccc(N4CCC(NC5(C)CC5)C4)c4cn(C)nc34)cc(F)c2n1. The number of halogens is 1. The quantitative estimate of drug-likeness (QED) is 0.474. The number of imidazole rings is 1. The van der Waals surface area contributed by atoms with Gasteiger partial charge >= 0.3 is 0 Å². The van der Waals surface area contributed by atoms with Gasteiger partial charge in [-0.1, -0.05) is 0 Å². The molecule has 8 nitrogen and oxygen atoms in total. The number of nitrogens with one attached hydrogen (secondary N) is 2. The third-order valence-corrected chi connectivity index (χ3v) is 6.98. The van der Waals surface area contributed by atoms with E-state index in [-0.39, 0.29) is 11.6 Å². The summed E-state index contributed by atoms with van der Waals surface area (Å²) >= 11 is 0. The second-order valence-corrected chi connectivity index (χ2v) is 9.98. The van der Waals surface area contributed by atoms with Crippen LogP contribution in [0.3, 0.4) is 0 Å². The number of hydrogen-bond donors (Lipinski definition) is 2. The Kier molecular flexibility index (Phi) is 4.67. The second kappa shape index (κ2) is 7.53. The Morgan fingerprint density at radius 1 is 1.24 bits per heavy atom. The van der Waals surface area contributed by atoms with E-state index in [1.807, 2.05) is 25.4 Å². The molecule has 6 rings (SSSR count). The molecule has 1 aliphatic heterocycles. The van der Waals surface area contributed by atoms with Gasteiger partial charge in [-0.3, -0.25) is 9.48 Å². The highest BCUT2D eigenvalue weighted by molar-refractivity contribution is 6.13. The van der Waals surface area contributed by atoms with Crippen LogP contribution in [0.15, 0.2) is 36.8 Å². The van der Waals surface area contributed by atoms with Crippen LogP contribution in [0.4, 0.5) is 15.8 Å². The van der Waals surface area contributed by atoms with Crippen LogP contribution in [0.2, 0.25) is 0 Å². The van der Waals surface area contributed by atoms with Gasteiger partial charge in [-0.15, -0.1) is 0 Å². The number of aryl methyl sites for hydroxylation is 2. The molecule has 176 valence electrons. The third-order valence-electron chi connectivity index (χ3n) is 6.98. The highest BCUT2D eigenvalue weighted by Gasteiger charge is 2.40. The van der Waals surface area contributed by atoms with Gasteiger partial charge in [0.25, 0.3) is 5.91 Å². The van der Waals surface area contributed by atoms with Crippen molar-refractivity contribution in [2.24, 2.45) is 7.05 Å². The van der Waals surface area contributed by atoms with E-state index >= 15 is 0 Å². The minimum Gasteiger partial charge on any atom is -0.369 e. The summed E-state index contributed by atoms with van der Waals surface area (Å²) in [6.07, 6.45) is 8.94. The van der Waals surface area contributed by atoms with Gasteiger partial charge in [-0.05, 0) is 45.2 Å². The molecular formula is C25H28FN7O. The number of anilines is 2. The van der Waals surface area contributed by atoms with Crippen LogP contribution < -0.4 is 15.5 Å². The van der Waals surface area contributed by atoms with E-state index < -0.39 is 5.82 Å². The lowest BCUT2D eigenvalue weighted by atomic mass is 10.1. The van der Waals surface area contributed by atoms with Crippen molar-refractivity contribution in [1.82, 2.24) is 24.5 Å². The first-order valence-electron chi connectivity index (χ1n) is 11.7. The Morgan fingerprint density at radius 3 is 2.85 bits per heavy atom. The van der Waals surface area contributed by atoms with E-state index in [0.717, 1.165) is 30.6 Å². The molecule has 0 bridgehead atoms. The predicted octanol–water partition coefficient (Wildman–Crippen LogP) is 3.64. The summed E-state index contributed by atoms with van der Waals surface area (Å²) in [4.78, 5) is 19.7. The van der Waals surface area contributed by atoms with Crippen molar-refractivity contribution in [1.29, 1.82) is 0 Å². The topological polar surface area (TPSA) is 79.5 Å². The molecule has 2 fully saturated rings. The lowest BCUT2D eigenvalue weighted by molar-refractivity contribution is 0.102. The number of nitrogens with zero attached hydrogens (tertiary/aromatic N) is 5. The first-order chi connectivity index (χ1) is 16.3. The summed E-state index contributed by atoms with van der Waals surface area (Å²) < 4.78 is 17.8. The second-order valence-electron chi connectivity index (χ2n) is 9.98. The van der Waals surface area contributed by atoms with Crippen LogP contribution in [-0.2, 0) is 7.05 Å². The molecule has 3 aromatic heterocycles. The van der Waals surface area contributed by atoms with Gasteiger partial charge in [0.2, 0.25) is 0 Å². The largest absolute Gasteiger partial charge is 0.369 e. The van der Waals surface area contributed by atoms with Gasteiger partial charge in [0.05, 0.1) is 16.9 Å². The van der Waals surface area contributed by atoms with Crippen molar-refractivity contribution in [2.45, 2.75) is 44.7 Å². The van der Waals surface area contributed by atoms with Crippen LogP contribution >= 0.6 is 0 Å². The molecule has 1 aromatic carbocycles. The normalized spacial score (nSPS) is 19.3. The molecule has 9 heteroatoms. The average Bonchev–Trinajstić information content (AvgIpc) is 3.12. The van der Waals surface area contributed by atoms with E-state index in [0.29, 0.717) is 34.0 Å². The lowest BCUT2D eigenvalue weighted by Gasteiger charge is -2.22. The lowest BCUT2D eigenvalue weighted by Crippen LogP contribution is -2.40. The maximum atomic E-state index is 14.5. The number of hydrogen-bond acceptors (Lipinski definition) is 5. The van der Waals surface area contributed by atoms with Gasteiger partial charge in [-0.2, -0.15) is 5.10 Å². The monoisotopic (exact) mass is 461 g/mol. The highest BCUT2D eigenvalue weighted by Crippen LogP contribution is 2.37. The number of amides is 1. The predicted molar refractivity (Wildman–Crippen MR) is 130 cm³/mol. The van der Waals surface area contributed by atoms with Gasteiger partial charge < -0.3 is 19.9 Å². The van der Waals surface area contributed by atoms with Gasteiger partial charge in [0.1, 0.15) is 5.52 Å². The van der Waals surface area contributed by atoms with Crippen molar-refractivity contribution < 1.29 is 9.18 Å². The number of aromatic nitrogens is 4. The van der Waals surface area contributed by atoms with Crippen LogP contribution in [0.5, 0.6) is 0 Å². The fourth-order valence-corrected chi connectivity index (χ4v) is 5.03. The van der Waals surface area contributed by atoms with Crippen molar-refractivity contribution in [3.05, 3.63) is 53.9 Å². The van der Waals surface area contributed by atoms with Crippen LogP contribution in [-0.4, -0.2) is 49.7 Å². The summed E-state index contributed by atoms with van der Waals surface area (Å²) in [7, 11) is 1.86. The van der Waals surface area contributed by atoms with Crippen molar-refractivity contribution in [3.63, 3.8) is 0 Å². The Balaban J connectivity index is 1.28. The van der Waals surface area contributed by atoms with Gasteiger partial charge in [-0.25, -0.2) is 9.37 Å². The van der Waals surface area contributed by atoms with Gasteiger partial charge in [0, 0.05) is 67.4 Å². The molecule has 1 amide bonds. The summed E-state index contributed by atoms with van der Waals surface area (Å²) in [5, 5.41) is 12.2. The zero-order chi connectivity index (χ0) is 23.6. The minimum atomic E-state index is -0.485. The number of pyridine rings is 1. The Hall–Kier alpha value is -3.46. The maximum absolute atomic E-state index is 14.5. The molecule has 1 saturated heterocycles. The van der Waals surface area contributed by atoms with Crippen molar-refractivity contribution >= 4 is 33.8 Å². The van der Waals surface area contributed by atoms with Crippen molar-refractivity contribution in [2.75, 3.05) is 23.3 Å². The summed E-state index contributed by atoms with van der Waals surface area (Å²) in [6, 6.07) is 5.59. The summed E-state index contributed by atoms with van der Waals surface area (Å²) in [6.45, 7) is 6.00. The molecule has 4 heterocycles. The Morgan fingerprint density at radius 2 is 2.06 bits per heavy atom. The zero-order valence-electron chi connectivity index (χ0n) is 19.6. The van der Waals surface area contributed by atoms with E-state index in [9.17, 15) is 9.18 Å². The van der Waals surface area contributed by atoms with Crippen LogP contribution in [0.1, 0.15) is 42.2 Å². The molecule has 1 atom stereocenters. The molecular weight excluding hydrogens is 433 g/mol. The van der Waals surface area contributed by atoms with E-state index in [1.54, 1.807) is 28.4 Å².